The zero-order valence-corrected chi connectivity index (χ0v) is 15.5. The van der Waals surface area contributed by atoms with Gasteiger partial charge in [-0.2, -0.15) is 0 Å². The molecule has 6 nitrogen and oxygen atoms in total. The van der Waals surface area contributed by atoms with Crippen molar-refractivity contribution < 1.29 is 19.0 Å². The number of amides is 1. The van der Waals surface area contributed by atoms with Crippen LogP contribution in [0.1, 0.15) is 25.0 Å². The van der Waals surface area contributed by atoms with Crippen LogP contribution in [0.2, 0.25) is 0 Å². The van der Waals surface area contributed by atoms with Gasteiger partial charge in [0.25, 0.3) is 0 Å². The summed E-state index contributed by atoms with van der Waals surface area (Å²) in [5.41, 5.74) is 1.74. The largest absolute Gasteiger partial charge is 0.493 e. The van der Waals surface area contributed by atoms with Gasteiger partial charge in [-0.05, 0) is 43.2 Å². The highest BCUT2D eigenvalue weighted by atomic mass is 16.5. The molecule has 0 saturated heterocycles. The fourth-order valence-corrected chi connectivity index (χ4v) is 2.20. The summed E-state index contributed by atoms with van der Waals surface area (Å²) in [5, 5.41) is 2.81. The number of aromatic nitrogens is 1. The molecular weight excluding hydrogens is 332 g/mol. The van der Waals surface area contributed by atoms with Crippen molar-refractivity contribution >= 4 is 12.0 Å². The van der Waals surface area contributed by atoms with Gasteiger partial charge in [0.1, 0.15) is 0 Å². The zero-order valence-electron chi connectivity index (χ0n) is 15.5. The fraction of sp³-hybridized carbons (Fsp3) is 0.300. The molecule has 0 bridgehead atoms. The lowest BCUT2D eigenvalue weighted by atomic mass is 10.2. The number of hydrogen-bond donors (Lipinski definition) is 1. The number of pyridine rings is 1. The van der Waals surface area contributed by atoms with Crippen LogP contribution in [0.5, 0.6) is 17.4 Å². The number of carbonyl (C=O) groups excluding carboxylic acids is 1. The standard InChI is InChI=1S/C20H24N2O4/c1-14(2)26-17-8-5-15(11-18(17)24-3)6-9-19(23)21-12-16-7-10-20(25-4)22-13-16/h5-11,13-14H,12H2,1-4H3,(H,21,23)/b9-6+. The number of ether oxygens (including phenoxy) is 3. The van der Waals surface area contributed by atoms with Gasteiger partial charge in [-0.3, -0.25) is 4.79 Å². The average Bonchev–Trinajstić information content (AvgIpc) is 2.65. The number of nitrogens with zero attached hydrogens (tertiary/aromatic N) is 1. The summed E-state index contributed by atoms with van der Waals surface area (Å²) in [4.78, 5) is 16.1. The van der Waals surface area contributed by atoms with Gasteiger partial charge >= 0.3 is 0 Å². The van der Waals surface area contributed by atoms with Crippen LogP contribution in [0.15, 0.2) is 42.6 Å². The van der Waals surface area contributed by atoms with E-state index in [2.05, 4.69) is 10.3 Å². The van der Waals surface area contributed by atoms with Gasteiger partial charge < -0.3 is 19.5 Å². The van der Waals surface area contributed by atoms with Crippen molar-refractivity contribution in [1.82, 2.24) is 10.3 Å². The molecule has 1 aromatic carbocycles. The average molecular weight is 356 g/mol. The number of carbonyl (C=O) groups is 1. The topological polar surface area (TPSA) is 69.7 Å². The Bertz CT molecular complexity index is 755. The summed E-state index contributed by atoms with van der Waals surface area (Å²) in [6.07, 6.45) is 4.93. The molecule has 0 aliphatic heterocycles. The first-order chi connectivity index (χ1) is 12.5. The maximum Gasteiger partial charge on any atom is 0.244 e. The van der Waals surface area contributed by atoms with Crippen LogP contribution in [0.4, 0.5) is 0 Å². The number of benzene rings is 1. The van der Waals surface area contributed by atoms with Gasteiger partial charge in [0, 0.05) is 24.9 Å². The molecule has 0 spiro atoms. The minimum atomic E-state index is -0.192. The Balaban J connectivity index is 1.94. The zero-order chi connectivity index (χ0) is 18.9. The SMILES string of the molecule is COc1ccc(CNC(=O)/C=C/c2ccc(OC(C)C)c(OC)c2)cn1. The highest BCUT2D eigenvalue weighted by molar-refractivity contribution is 5.91. The first-order valence-electron chi connectivity index (χ1n) is 8.31. The van der Waals surface area contributed by atoms with E-state index in [0.29, 0.717) is 23.9 Å². The lowest BCUT2D eigenvalue weighted by molar-refractivity contribution is -0.116. The van der Waals surface area contributed by atoms with Crippen molar-refractivity contribution in [3.05, 3.63) is 53.7 Å². The molecule has 0 saturated carbocycles. The highest BCUT2D eigenvalue weighted by Crippen LogP contribution is 2.29. The van der Waals surface area contributed by atoms with E-state index in [0.717, 1.165) is 11.1 Å². The van der Waals surface area contributed by atoms with Gasteiger partial charge in [-0.15, -0.1) is 0 Å². The Morgan fingerprint density at radius 1 is 1.15 bits per heavy atom. The molecule has 0 aliphatic rings. The Hall–Kier alpha value is -3.02. The molecule has 0 unspecified atom stereocenters. The minimum absolute atomic E-state index is 0.0588. The molecule has 1 heterocycles. The lowest BCUT2D eigenvalue weighted by Crippen LogP contribution is -2.20. The van der Waals surface area contributed by atoms with E-state index < -0.39 is 0 Å². The second kappa shape index (κ2) is 9.46. The second-order valence-electron chi connectivity index (χ2n) is 5.84. The summed E-state index contributed by atoms with van der Waals surface area (Å²) in [6.45, 7) is 4.30. The Kier molecular flexibility index (Phi) is 7.02. The molecular formula is C20H24N2O4. The van der Waals surface area contributed by atoms with Crippen LogP contribution >= 0.6 is 0 Å². The molecule has 26 heavy (non-hydrogen) atoms. The van der Waals surface area contributed by atoms with Crippen LogP contribution in [-0.2, 0) is 11.3 Å². The summed E-state index contributed by atoms with van der Waals surface area (Å²) in [5.74, 6) is 1.66. The van der Waals surface area contributed by atoms with Crippen molar-refractivity contribution in [1.29, 1.82) is 0 Å². The van der Waals surface area contributed by atoms with E-state index in [9.17, 15) is 4.79 Å². The Labute approximate surface area is 153 Å². The molecule has 2 aromatic rings. The van der Waals surface area contributed by atoms with Gasteiger partial charge in [-0.25, -0.2) is 4.98 Å². The number of rotatable bonds is 8. The van der Waals surface area contributed by atoms with Crippen LogP contribution in [-0.4, -0.2) is 31.2 Å². The van der Waals surface area contributed by atoms with Gasteiger partial charge in [0.2, 0.25) is 11.8 Å². The van der Waals surface area contributed by atoms with Crippen LogP contribution in [0, 0.1) is 0 Å². The third-order valence-corrected chi connectivity index (χ3v) is 3.45. The van der Waals surface area contributed by atoms with Crippen LogP contribution < -0.4 is 19.5 Å². The summed E-state index contributed by atoms with van der Waals surface area (Å²) >= 11 is 0. The lowest BCUT2D eigenvalue weighted by Gasteiger charge is -2.13. The molecule has 1 N–H and O–H groups in total. The van der Waals surface area contributed by atoms with Gasteiger partial charge in [0.15, 0.2) is 11.5 Å². The predicted molar refractivity (Wildman–Crippen MR) is 100 cm³/mol. The minimum Gasteiger partial charge on any atom is -0.493 e. The van der Waals surface area contributed by atoms with E-state index in [1.165, 1.54) is 6.08 Å². The first kappa shape index (κ1) is 19.3. The Morgan fingerprint density at radius 2 is 1.96 bits per heavy atom. The van der Waals surface area contributed by atoms with E-state index in [-0.39, 0.29) is 12.0 Å². The van der Waals surface area contributed by atoms with E-state index in [4.69, 9.17) is 14.2 Å². The Morgan fingerprint density at radius 3 is 2.58 bits per heavy atom. The third kappa shape index (κ3) is 5.81. The quantitative estimate of drug-likeness (QED) is 0.736. The second-order valence-corrected chi connectivity index (χ2v) is 5.84. The smallest absolute Gasteiger partial charge is 0.244 e. The van der Waals surface area contributed by atoms with Crippen molar-refractivity contribution in [3.8, 4) is 17.4 Å². The van der Waals surface area contributed by atoms with Crippen molar-refractivity contribution in [3.63, 3.8) is 0 Å². The predicted octanol–water partition coefficient (Wildman–Crippen LogP) is 3.22. The first-order valence-corrected chi connectivity index (χ1v) is 8.31. The molecule has 6 heteroatoms. The van der Waals surface area contributed by atoms with Crippen molar-refractivity contribution in [2.45, 2.75) is 26.5 Å². The summed E-state index contributed by atoms with van der Waals surface area (Å²) in [6, 6.07) is 9.14. The third-order valence-electron chi connectivity index (χ3n) is 3.45. The van der Waals surface area contributed by atoms with E-state index in [1.54, 1.807) is 32.6 Å². The van der Waals surface area contributed by atoms with Crippen LogP contribution in [0.3, 0.4) is 0 Å². The van der Waals surface area contributed by atoms with Crippen LogP contribution in [0.25, 0.3) is 6.08 Å². The molecule has 1 aromatic heterocycles. The summed E-state index contributed by atoms with van der Waals surface area (Å²) < 4.78 is 16.0. The maximum atomic E-state index is 12.0. The number of methoxy groups -OCH3 is 2. The molecule has 0 radical (unpaired) electrons. The van der Waals surface area contributed by atoms with Gasteiger partial charge in [0.05, 0.1) is 20.3 Å². The molecule has 0 atom stereocenters. The molecule has 2 rings (SSSR count). The fourth-order valence-electron chi connectivity index (χ4n) is 2.20. The van der Waals surface area contributed by atoms with Gasteiger partial charge in [-0.1, -0.05) is 12.1 Å². The highest BCUT2D eigenvalue weighted by Gasteiger charge is 2.06. The monoisotopic (exact) mass is 356 g/mol. The van der Waals surface area contributed by atoms with E-state index >= 15 is 0 Å². The molecule has 0 fully saturated rings. The summed E-state index contributed by atoms with van der Waals surface area (Å²) in [7, 11) is 3.15. The molecule has 1 amide bonds. The normalized spacial score (nSPS) is 10.8. The number of hydrogen-bond acceptors (Lipinski definition) is 5. The van der Waals surface area contributed by atoms with E-state index in [1.807, 2.05) is 38.1 Å². The molecule has 0 aliphatic carbocycles. The molecule has 138 valence electrons. The number of nitrogens with one attached hydrogen (secondary N) is 1. The van der Waals surface area contributed by atoms with Crippen molar-refractivity contribution in [2.75, 3.05) is 14.2 Å². The maximum absolute atomic E-state index is 12.0. The van der Waals surface area contributed by atoms with Crippen molar-refractivity contribution in [2.24, 2.45) is 0 Å².